The molecule has 0 radical (unpaired) electrons. The molecule has 0 unspecified atom stereocenters. The number of halogens is 3. The predicted molar refractivity (Wildman–Crippen MR) is 83.9 cm³/mol. The Balaban J connectivity index is 0.00000147. The van der Waals surface area contributed by atoms with Crippen molar-refractivity contribution in [3.63, 3.8) is 0 Å². The van der Waals surface area contributed by atoms with Crippen LogP contribution in [0.15, 0.2) is 47.5 Å². The van der Waals surface area contributed by atoms with Crippen LogP contribution in [0.5, 0.6) is 0 Å². The van der Waals surface area contributed by atoms with Crippen molar-refractivity contribution in [2.24, 2.45) is 4.99 Å². The van der Waals surface area contributed by atoms with Crippen molar-refractivity contribution in [3.8, 4) is 0 Å². The summed E-state index contributed by atoms with van der Waals surface area (Å²) in [5.41, 5.74) is 3.40. The molecule has 0 atom stereocenters. The molecular weight excluding hydrogens is 296 g/mol. The molecule has 2 aromatic rings. The summed E-state index contributed by atoms with van der Waals surface area (Å²) >= 11 is 6.07. The second kappa shape index (κ2) is 6.38. The average Bonchev–Trinajstić information content (AvgIpc) is 2.61. The van der Waals surface area contributed by atoms with Crippen LogP contribution < -0.4 is 0 Å². The van der Waals surface area contributed by atoms with Gasteiger partial charge in [-0.3, -0.25) is 4.99 Å². The number of aliphatic imine (C=N–C) groups is 1. The van der Waals surface area contributed by atoms with E-state index in [1.54, 1.807) is 12.1 Å². The minimum absolute atomic E-state index is 0. The molecule has 0 saturated heterocycles. The first-order chi connectivity index (χ1) is 9.25. The van der Waals surface area contributed by atoms with Gasteiger partial charge in [0.2, 0.25) is 0 Å². The van der Waals surface area contributed by atoms with E-state index in [9.17, 15) is 4.39 Å². The minimum Gasteiger partial charge on any atom is -0.284 e. The topological polar surface area (TPSA) is 12.4 Å². The number of hydrogen-bond donors (Lipinski definition) is 0. The van der Waals surface area contributed by atoms with Gasteiger partial charge >= 0.3 is 0 Å². The Kier molecular flexibility index (Phi) is 4.79. The van der Waals surface area contributed by atoms with Crippen molar-refractivity contribution in [1.82, 2.24) is 0 Å². The lowest BCUT2D eigenvalue weighted by Gasteiger charge is -2.11. The Bertz CT molecular complexity index is 653. The number of rotatable bonds is 1. The van der Waals surface area contributed by atoms with Crippen LogP contribution in [0.3, 0.4) is 0 Å². The quantitative estimate of drug-likeness (QED) is 0.725. The first-order valence-electron chi connectivity index (χ1n) is 6.34. The first-order valence-corrected chi connectivity index (χ1v) is 6.71. The summed E-state index contributed by atoms with van der Waals surface area (Å²) in [5, 5.41) is 0.657. The lowest BCUT2D eigenvalue weighted by molar-refractivity contribution is 0.625. The molecular formula is C16H14Cl2FN. The molecule has 0 spiro atoms. The van der Waals surface area contributed by atoms with Crippen LogP contribution in [0.2, 0.25) is 5.02 Å². The maximum absolute atomic E-state index is 14.0. The van der Waals surface area contributed by atoms with E-state index in [0.717, 1.165) is 24.9 Å². The lowest BCUT2D eigenvalue weighted by Crippen LogP contribution is -2.08. The Labute approximate surface area is 128 Å². The van der Waals surface area contributed by atoms with Crippen LogP contribution in [-0.4, -0.2) is 12.3 Å². The summed E-state index contributed by atoms with van der Waals surface area (Å²) in [6.07, 6.45) is 1.93. The molecule has 4 heteroatoms. The third-order valence-corrected chi connectivity index (χ3v) is 3.57. The fraction of sp³-hybridized carbons (Fsp3) is 0.188. The number of nitrogens with zero attached hydrogens (tertiary/aromatic N) is 1. The summed E-state index contributed by atoms with van der Waals surface area (Å²) in [6.45, 7) is 0.718. The summed E-state index contributed by atoms with van der Waals surface area (Å²) in [7, 11) is 0. The van der Waals surface area contributed by atoms with Crippen LogP contribution in [-0.2, 0) is 6.42 Å². The third kappa shape index (κ3) is 2.87. The molecule has 0 fully saturated rings. The highest BCUT2D eigenvalue weighted by Gasteiger charge is 2.17. The van der Waals surface area contributed by atoms with Gasteiger partial charge in [-0.15, -0.1) is 12.4 Å². The lowest BCUT2D eigenvalue weighted by atomic mass is 9.96. The second-order valence-corrected chi connectivity index (χ2v) is 5.05. The van der Waals surface area contributed by atoms with E-state index in [1.165, 1.54) is 11.6 Å². The van der Waals surface area contributed by atoms with Gasteiger partial charge in [0.05, 0.1) is 5.71 Å². The standard InChI is InChI=1S/C16H13ClFN.ClH/c17-12-8-7-11-4-3-9-19-16(14(11)10-12)13-5-1-2-6-15(13)18;/h1-2,5-8,10H,3-4,9H2;1H. The zero-order valence-corrected chi connectivity index (χ0v) is 12.3. The van der Waals surface area contributed by atoms with Crippen LogP contribution in [0.25, 0.3) is 0 Å². The maximum atomic E-state index is 14.0. The molecule has 0 bridgehead atoms. The molecule has 0 saturated carbocycles. The van der Waals surface area contributed by atoms with Crippen LogP contribution in [0.1, 0.15) is 23.1 Å². The highest BCUT2D eigenvalue weighted by Crippen LogP contribution is 2.24. The smallest absolute Gasteiger partial charge is 0.132 e. The van der Waals surface area contributed by atoms with Crippen LogP contribution in [0.4, 0.5) is 4.39 Å². The van der Waals surface area contributed by atoms with E-state index < -0.39 is 0 Å². The van der Waals surface area contributed by atoms with Gasteiger partial charge in [0.15, 0.2) is 0 Å². The molecule has 2 aromatic carbocycles. The number of fused-ring (bicyclic) bond motifs is 1. The van der Waals surface area contributed by atoms with Crippen molar-refractivity contribution in [2.45, 2.75) is 12.8 Å². The third-order valence-electron chi connectivity index (χ3n) is 3.33. The van der Waals surface area contributed by atoms with Crippen molar-refractivity contribution in [1.29, 1.82) is 0 Å². The van der Waals surface area contributed by atoms with Crippen molar-refractivity contribution < 1.29 is 4.39 Å². The van der Waals surface area contributed by atoms with Gasteiger partial charge < -0.3 is 0 Å². The molecule has 1 heterocycles. The summed E-state index contributed by atoms with van der Waals surface area (Å²) in [5.74, 6) is -0.242. The monoisotopic (exact) mass is 309 g/mol. The van der Waals surface area contributed by atoms with Gasteiger partial charge in [-0.05, 0) is 42.7 Å². The predicted octanol–water partition coefficient (Wildman–Crippen LogP) is 4.68. The van der Waals surface area contributed by atoms with Gasteiger partial charge in [0, 0.05) is 22.7 Å². The zero-order chi connectivity index (χ0) is 13.2. The minimum atomic E-state index is -0.242. The van der Waals surface area contributed by atoms with Gasteiger partial charge in [-0.2, -0.15) is 0 Å². The fourth-order valence-electron chi connectivity index (χ4n) is 2.42. The second-order valence-electron chi connectivity index (χ2n) is 4.62. The van der Waals surface area contributed by atoms with E-state index in [-0.39, 0.29) is 18.2 Å². The molecule has 0 aliphatic carbocycles. The largest absolute Gasteiger partial charge is 0.284 e. The first kappa shape index (κ1) is 15.0. The van der Waals surface area contributed by atoms with Crippen LogP contribution >= 0.6 is 24.0 Å². The number of benzene rings is 2. The average molecular weight is 310 g/mol. The van der Waals surface area contributed by atoms with Crippen LogP contribution in [0, 0.1) is 5.82 Å². The molecule has 3 rings (SSSR count). The summed E-state index contributed by atoms with van der Waals surface area (Å²) in [6, 6.07) is 12.5. The molecule has 0 amide bonds. The molecule has 1 nitrogen and oxygen atoms in total. The highest BCUT2D eigenvalue weighted by molar-refractivity contribution is 6.31. The Morgan fingerprint density at radius 1 is 1.05 bits per heavy atom. The number of hydrogen-bond acceptors (Lipinski definition) is 1. The Morgan fingerprint density at radius 3 is 2.65 bits per heavy atom. The van der Waals surface area contributed by atoms with E-state index in [1.807, 2.05) is 24.3 Å². The van der Waals surface area contributed by atoms with E-state index in [0.29, 0.717) is 16.3 Å². The summed E-state index contributed by atoms with van der Waals surface area (Å²) in [4.78, 5) is 4.55. The van der Waals surface area contributed by atoms with E-state index >= 15 is 0 Å². The number of aryl methyl sites for hydroxylation is 1. The SMILES string of the molecule is Cl.Fc1ccccc1C1=NCCCc2ccc(Cl)cc21. The van der Waals surface area contributed by atoms with Gasteiger partial charge in [-0.25, -0.2) is 4.39 Å². The maximum Gasteiger partial charge on any atom is 0.132 e. The summed E-state index contributed by atoms with van der Waals surface area (Å²) < 4.78 is 14.0. The highest BCUT2D eigenvalue weighted by atomic mass is 35.5. The Morgan fingerprint density at radius 2 is 1.85 bits per heavy atom. The Hall–Kier alpha value is -1.38. The van der Waals surface area contributed by atoms with E-state index in [2.05, 4.69) is 4.99 Å². The normalized spacial score (nSPS) is 13.8. The van der Waals surface area contributed by atoms with Gasteiger partial charge in [0.1, 0.15) is 5.82 Å². The molecule has 20 heavy (non-hydrogen) atoms. The van der Waals surface area contributed by atoms with Crippen molar-refractivity contribution in [3.05, 3.63) is 70.0 Å². The van der Waals surface area contributed by atoms with Gasteiger partial charge in [0.25, 0.3) is 0 Å². The van der Waals surface area contributed by atoms with Crippen molar-refractivity contribution in [2.75, 3.05) is 6.54 Å². The molecule has 0 N–H and O–H groups in total. The van der Waals surface area contributed by atoms with E-state index in [4.69, 9.17) is 11.6 Å². The zero-order valence-electron chi connectivity index (χ0n) is 10.8. The molecule has 1 aliphatic heterocycles. The molecule has 104 valence electrons. The van der Waals surface area contributed by atoms with Crippen molar-refractivity contribution >= 4 is 29.7 Å². The van der Waals surface area contributed by atoms with Gasteiger partial charge in [-0.1, -0.05) is 29.8 Å². The molecule has 1 aliphatic rings. The fourth-order valence-corrected chi connectivity index (χ4v) is 2.59. The molecule has 0 aromatic heterocycles.